The second-order valence-electron chi connectivity index (χ2n) is 3.99. The minimum Gasteiger partial charge on any atom is -0.383 e. The van der Waals surface area contributed by atoms with E-state index in [-0.39, 0.29) is 5.56 Å². The number of aliphatic hydroxyl groups is 1. The molecular formula is C13H12F2OS. The number of benzene rings is 1. The summed E-state index contributed by atoms with van der Waals surface area (Å²) in [7, 11) is 0. The first-order chi connectivity index (χ1) is 7.97. The lowest BCUT2D eigenvalue weighted by Crippen LogP contribution is -1.98. The van der Waals surface area contributed by atoms with E-state index in [1.165, 1.54) is 11.3 Å². The maximum absolute atomic E-state index is 13.0. The molecule has 1 atom stereocenters. The second kappa shape index (κ2) is 4.55. The van der Waals surface area contributed by atoms with Gasteiger partial charge in [-0.3, -0.25) is 0 Å². The van der Waals surface area contributed by atoms with Crippen LogP contribution < -0.4 is 0 Å². The Morgan fingerprint density at radius 2 is 1.65 bits per heavy atom. The van der Waals surface area contributed by atoms with Crippen molar-refractivity contribution >= 4 is 11.3 Å². The summed E-state index contributed by atoms with van der Waals surface area (Å²) in [6, 6.07) is 4.94. The number of hydrogen-bond donors (Lipinski definition) is 1. The minimum absolute atomic E-state index is 0.240. The van der Waals surface area contributed by atoms with E-state index in [2.05, 4.69) is 0 Å². The Morgan fingerprint density at radius 1 is 1.06 bits per heavy atom. The van der Waals surface area contributed by atoms with Crippen molar-refractivity contribution in [2.45, 2.75) is 20.0 Å². The lowest BCUT2D eigenvalue weighted by molar-refractivity contribution is 0.223. The first-order valence-electron chi connectivity index (χ1n) is 5.18. The van der Waals surface area contributed by atoms with Crippen molar-refractivity contribution in [3.8, 4) is 0 Å². The van der Waals surface area contributed by atoms with Gasteiger partial charge in [-0.1, -0.05) is 0 Å². The van der Waals surface area contributed by atoms with Crippen molar-refractivity contribution in [3.63, 3.8) is 0 Å². The van der Waals surface area contributed by atoms with Crippen LogP contribution in [-0.4, -0.2) is 5.11 Å². The van der Waals surface area contributed by atoms with Crippen LogP contribution >= 0.6 is 11.3 Å². The molecule has 2 rings (SSSR count). The van der Waals surface area contributed by atoms with Gasteiger partial charge >= 0.3 is 0 Å². The molecule has 1 unspecified atom stereocenters. The van der Waals surface area contributed by atoms with Crippen molar-refractivity contribution in [1.29, 1.82) is 0 Å². The van der Waals surface area contributed by atoms with Gasteiger partial charge < -0.3 is 5.11 Å². The minimum atomic E-state index is -0.974. The normalized spacial score (nSPS) is 12.8. The van der Waals surface area contributed by atoms with Crippen molar-refractivity contribution in [1.82, 2.24) is 0 Å². The number of halogens is 2. The molecule has 17 heavy (non-hydrogen) atoms. The maximum Gasteiger partial charge on any atom is 0.126 e. The van der Waals surface area contributed by atoms with Gasteiger partial charge in [0.1, 0.15) is 17.7 Å². The molecule has 0 aliphatic heterocycles. The van der Waals surface area contributed by atoms with Crippen molar-refractivity contribution < 1.29 is 13.9 Å². The van der Waals surface area contributed by atoms with Crippen molar-refractivity contribution in [2.24, 2.45) is 0 Å². The lowest BCUT2D eigenvalue weighted by atomic mass is 10.1. The summed E-state index contributed by atoms with van der Waals surface area (Å²) in [5, 5.41) is 10.1. The molecule has 1 N–H and O–H groups in total. The average molecular weight is 254 g/mol. The predicted molar refractivity (Wildman–Crippen MR) is 64.2 cm³/mol. The third-order valence-electron chi connectivity index (χ3n) is 2.66. The molecule has 1 nitrogen and oxygen atoms in total. The van der Waals surface area contributed by atoms with E-state index in [9.17, 15) is 13.9 Å². The summed E-state index contributed by atoms with van der Waals surface area (Å²) in [4.78, 5) is 1.79. The third-order valence-corrected chi connectivity index (χ3v) is 3.86. The van der Waals surface area contributed by atoms with Gasteiger partial charge in [-0.15, -0.1) is 11.3 Å². The first-order valence-corrected chi connectivity index (χ1v) is 6.00. The van der Waals surface area contributed by atoms with Gasteiger partial charge in [0.05, 0.1) is 0 Å². The Balaban J connectivity index is 2.39. The van der Waals surface area contributed by atoms with Crippen molar-refractivity contribution in [3.05, 3.63) is 56.8 Å². The number of hydrogen-bond acceptors (Lipinski definition) is 2. The molecule has 90 valence electrons. The van der Waals surface area contributed by atoms with E-state index in [4.69, 9.17) is 0 Å². The maximum atomic E-state index is 13.0. The molecule has 0 radical (unpaired) electrons. The molecule has 2 aromatic rings. The van der Waals surface area contributed by atoms with Crippen LogP contribution in [0.5, 0.6) is 0 Å². The van der Waals surface area contributed by atoms with Crippen LogP contribution in [0.2, 0.25) is 0 Å². The standard InChI is InChI=1S/C13H12F2OS/c1-7-3-12(17-8(7)2)13(16)9-4-10(14)6-11(15)5-9/h3-6,13,16H,1-2H3. The first kappa shape index (κ1) is 12.2. The quantitative estimate of drug-likeness (QED) is 0.866. The van der Waals surface area contributed by atoms with Gasteiger partial charge in [0.25, 0.3) is 0 Å². The molecule has 0 bridgehead atoms. The highest BCUT2D eigenvalue weighted by atomic mass is 32.1. The summed E-state index contributed by atoms with van der Waals surface area (Å²) >= 11 is 1.43. The summed E-state index contributed by atoms with van der Waals surface area (Å²) in [6.07, 6.45) is -0.974. The van der Waals surface area contributed by atoms with Crippen LogP contribution in [0.3, 0.4) is 0 Å². The third kappa shape index (κ3) is 2.53. The average Bonchev–Trinajstić information content (AvgIpc) is 2.57. The predicted octanol–water partition coefficient (Wildman–Crippen LogP) is 3.72. The topological polar surface area (TPSA) is 20.2 Å². The summed E-state index contributed by atoms with van der Waals surface area (Å²) < 4.78 is 26.1. The Kier molecular flexibility index (Phi) is 3.26. The van der Waals surface area contributed by atoms with E-state index in [0.717, 1.165) is 28.6 Å². The monoisotopic (exact) mass is 254 g/mol. The van der Waals surface area contributed by atoms with Crippen molar-refractivity contribution in [2.75, 3.05) is 0 Å². The highest BCUT2D eigenvalue weighted by molar-refractivity contribution is 7.12. The van der Waals surface area contributed by atoms with Gasteiger partial charge in [-0.2, -0.15) is 0 Å². The Labute approximate surface area is 102 Å². The molecule has 0 amide bonds. The van der Waals surface area contributed by atoms with E-state index < -0.39 is 17.7 Å². The molecule has 0 aliphatic carbocycles. The zero-order valence-electron chi connectivity index (χ0n) is 9.50. The molecule has 0 saturated carbocycles. The van der Waals surface area contributed by atoms with Gasteiger partial charge in [0.15, 0.2) is 0 Å². The van der Waals surface area contributed by atoms with Crippen LogP contribution in [0.1, 0.15) is 27.0 Å². The number of thiophene rings is 1. The fourth-order valence-corrected chi connectivity index (χ4v) is 2.69. The number of rotatable bonds is 2. The molecule has 0 saturated heterocycles. The lowest BCUT2D eigenvalue weighted by Gasteiger charge is -2.09. The molecule has 0 aliphatic rings. The molecular weight excluding hydrogens is 242 g/mol. The number of aliphatic hydroxyl groups excluding tert-OH is 1. The summed E-state index contributed by atoms with van der Waals surface area (Å²) in [5.74, 6) is -1.35. The zero-order valence-corrected chi connectivity index (χ0v) is 10.3. The smallest absolute Gasteiger partial charge is 0.126 e. The van der Waals surface area contributed by atoms with Crippen LogP contribution in [0, 0.1) is 25.5 Å². The fraction of sp³-hybridized carbons (Fsp3) is 0.231. The molecule has 1 aromatic heterocycles. The Hall–Kier alpha value is -1.26. The van der Waals surface area contributed by atoms with Gasteiger partial charge in [-0.05, 0) is 43.2 Å². The summed E-state index contributed by atoms with van der Waals surface area (Å²) in [6.45, 7) is 3.89. The number of aryl methyl sites for hydroxylation is 2. The van der Waals surface area contributed by atoms with E-state index in [0.29, 0.717) is 4.88 Å². The highest BCUT2D eigenvalue weighted by Crippen LogP contribution is 2.31. The molecule has 0 fully saturated rings. The summed E-state index contributed by atoms with van der Waals surface area (Å²) in [5.41, 5.74) is 1.31. The van der Waals surface area contributed by atoms with Gasteiger partial charge in [-0.25, -0.2) is 8.78 Å². The van der Waals surface area contributed by atoms with Crippen LogP contribution in [0.25, 0.3) is 0 Å². The zero-order chi connectivity index (χ0) is 12.6. The van der Waals surface area contributed by atoms with E-state index >= 15 is 0 Å². The Bertz CT molecular complexity index is 509. The highest BCUT2D eigenvalue weighted by Gasteiger charge is 2.15. The van der Waals surface area contributed by atoms with E-state index in [1.54, 1.807) is 0 Å². The Morgan fingerprint density at radius 3 is 2.12 bits per heavy atom. The molecule has 0 spiro atoms. The largest absolute Gasteiger partial charge is 0.383 e. The van der Waals surface area contributed by atoms with Crippen LogP contribution in [-0.2, 0) is 0 Å². The molecule has 1 heterocycles. The second-order valence-corrected chi connectivity index (χ2v) is 5.28. The molecule has 1 aromatic carbocycles. The van der Waals surface area contributed by atoms with Crippen LogP contribution in [0.4, 0.5) is 8.78 Å². The van der Waals surface area contributed by atoms with Gasteiger partial charge in [0.2, 0.25) is 0 Å². The van der Waals surface area contributed by atoms with Gasteiger partial charge in [0, 0.05) is 15.8 Å². The van der Waals surface area contributed by atoms with Crippen LogP contribution in [0.15, 0.2) is 24.3 Å². The van der Waals surface area contributed by atoms with E-state index in [1.807, 2.05) is 19.9 Å². The SMILES string of the molecule is Cc1cc(C(O)c2cc(F)cc(F)c2)sc1C. The molecule has 4 heteroatoms. The fourth-order valence-electron chi connectivity index (χ4n) is 1.63.